The first-order chi connectivity index (χ1) is 6.74. The van der Waals surface area contributed by atoms with Gasteiger partial charge in [-0.2, -0.15) is 8.78 Å². The van der Waals surface area contributed by atoms with Crippen LogP contribution in [0.5, 0.6) is 11.5 Å². The van der Waals surface area contributed by atoms with Gasteiger partial charge in [-0.15, -0.1) is 0 Å². The standard InChI is InChI=1S/C9H9F3O2/c10-5-6-13-7-3-1-2-4-8(7)14-9(11)12/h1-4,9H,5-6H2. The number of halogens is 3. The Morgan fingerprint density at radius 2 is 1.79 bits per heavy atom. The molecule has 0 unspecified atom stereocenters. The Morgan fingerprint density at radius 1 is 1.14 bits per heavy atom. The minimum atomic E-state index is -2.91. The predicted molar refractivity (Wildman–Crippen MR) is 44.5 cm³/mol. The molecular formula is C9H9F3O2. The third-order valence-corrected chi connectivity index (χ3v) is 1.40. The SMILES string of the molecule is FCCOc1ccccc1OC(F)F. The lowest BCUT2D eigenvalue weighted by molar-refractivity contribution is -0.0515. The minimum Gasteiger partial charge on any atom is -0.487 e. The van der Waals surface area contributed by atoms with Crippen LogP contribution in [0, 0.1) is 0 Å². The van der Waals surface area contributed by atoms with Gasteiger partial charge in [0.15, 0.2) is 11.5 Å². The molecule has 0 aliphatic rings. The summed E-state index contributed by atoms with van der Waals surface area (Å²) in [5, 5.41) is 0. The van der Waals surface area contributed by atoms with Crippen LogP contribution in [0.3, 0.4) is 0 Å². The van der Waals surface area contributed by atoms with Crippen LogP contribution in [0.15, 0.2) is 24.3 Å². The third kappa shape index (κ3) is 3.16. The molecule has 0 aromatic heterocycles. The molecule has 0 bridgehead atoms. The monoisotopic (exact) mass is 206 g/mol. The number of hydrogen-bond acceptors (Lipinski definition) is 2. The van der Waals surface area contributed by atoms with Crippen LogP contribution in [0.4, 0.5) is 13.2 Å². The fraction of sp³-hybridized carbons (Fsp3) is 0.333. The first-order valence-electron chi connectivity index (χ1n) is 3.96. The number of para-hydroxylation sites is 2. The van der Waals surface area contributed by atoms with Gasteiger partial charge in [-0.3, -0.25) is 0 Å². The van der Waals surface area contributed by atoms with Crippen molar-refractivity contribution in [1.29, 1.82) is 0 Å². The summed E-state index contributed by atoms with van der Waals surface area (Å²) in [7, 11) is 0. The third-order valence-electron chi connectivity index (χ3n) is 1.40. The summed E-state index contributed by atoms with van der Waals surface area (Å²) >= 11 is 0. The molecule has 0 heterocycles. The molecule has 0 atom stereocenters. The number of ether oxygens (including phenoxy) is 2. The highest BCUT2D eigenvalue weighted by atomic mass is 19.3. The molecule has 5 heteroatoms. The van der Waals surface area contributed by atoms with Crippen molar-refractivity contribution in [2.24, 2.45) is 0 Å². The van der Waals surface area contributed by atoms with Crippen LogP contribution >= 0.6 is 0 Å². The lowest BCUT2D eigenvalue weighted by Gasteiger charge is -2.10. The van der Waals surface area contributed by atoms with E-state index in [1.54, 1.807) is 6.07 Å². The van der Waals surface area contributed by atoms with E-state index in [4.69, 9.17) is 4.74 Å². The Balaban J connectivity index is 2.69. The molecule has 1 aromatic carbocycles. The summed E-state index contributed by atoms with van der Waals surface area (Å²) < 4.78 is 44.5. The van der Waals surface area contributed by atoms with Crippen molar-refractivity contribution in [3.63, 3.8) is 0 Å². The van der Waals surface area contributed by atoms with Crippen molar-refractivity contribution in [2.75, 3.05) is 13.3 Å². The molecule has 0 radical (unpaired) electrons. The van der Waals surface area contributed by atoms with E-state index in [1.807, 2.05) is 0 Å². The van der Waals surface area contributed by atoms with Crippen LogP contribution in [0.1, 0.15) is 0 Å². The van der Waals surface area contributed by atoms with Gasteiger partial charge in [0.25, 0.3) is 0 Å². The maximum absolute atomic E-state index is 11.9. The van der Waals surface area contributed by atoms with E-state index < -0.39 is 13.3 Å². The average molecular weight is 206 g/mol. The molecule has 1 aromatic rings. The second kappa shape index (κ2) is 5.36. The second-order valence-corrected chi connectivity index (χ2v) is 2.36. The van der Waals surface area contributed by atoms with Crippen LogP contribution in [0.25, 0.3) is 0 Å². The Kier molecular flexibility index (Phi) is 4.10. The first-order valence-corrected chi connectivity index (χ1v) is 3.96. The number of hydrogen-bond donors (Lipinski definition) is 0. The van der Waals surface area contributed by atoms with Gasteiger partial charge in [0.05, 0.1) is 0 Å². The van der Waals surface area contributed by atoms with Crippen molar-refractivity contribution in [3.05, 3.63) is 24.3 Å². The summed E-state index contributed by atoms with van der Waals surface area (Å²) in [5.74, 6) is 0.0291. The number of benzene rings is 1. The fourth-order valence-electron chi connectivity index (χ4n) is 0.911. The minimum absolute atomic E-state index is 0.0871. The molecule has 0 saturated carbocycles. The predicted octanol–water partition coefficient (Wildman–Crippen LogP) is 2.64. The Bertz CT molecular complexity index is 279. The van der Waals surface area contributed by atoms with E-state index in [1.165, 1.54) is 18.2 Å². The summed E-state index contributed by atoms with van der Waals surface area (Å²) in [6.45, 7) is -3.77. The van der Waals surface area contributed by atoms with Crippen LogP contribution < -0.4 is 9.47 Å². The topological polar surface area (TPSA) is 18.5 Å². The van der Waals surface area contributed by atoms with Gasteiger partial charge < -0.3 is 9.47 Å². The highest BCUT2D eigenvalue weighted by Crippen LogP contribution is 2.27. The number of alkyl halides is 3. The maximum Gasteiger partial charge on any atom is 0.387 e. The van der Waals surface area contributed by atoms with E-state index in [9.17, 15) is 13.2 Å². The highest BCUT2D eigenvalue weighted by molar-refractivity contribution is 5.39. The summed E-state index contributed by atoms with van der Waals surface area (Å²) in [6, 6.07) is 5.89. The Labute approximate surface area is 79.2 Å². The Morgan fingerprint density at radius 3 is 2.36 bits per heavy atom. The molecule has 2 nitrogen and oxygen atoms in total. The molecule has 0 aliphatic carbocycles. The highest BCUT2D eigenvalue weighted by Gasteiger charge is 2.09. The van der Waals surface area contributed by atoms with Gasteiger partial charge in [0.1, 0.15) is 13.3 Å². The van der Waals surface area contributed by atoms with Gasteiger partial charge in [0.2, 0.25) is 0 Å². The number of rotatable bonds is 5. The van der Waals surface area contributed by atoms with Crippen molar-refractivity contribution in [1.82, 2.24) is 0 Å². The van der Waals surface area contributed by atoms with Gasteiger partial charge in [0, 0.05) is 0 Å². The largest absolute Gasteiger partial charge is 0.487 e. The van der Waals surface area contributed by atoms with Crippen LogP contribution in [0.2, 0.25) is 0 Å². The van der Waals surface area contributed by atoms with Crippen molar-refractivity contribution < 1.29 is 22.6 Å². The van der Waals surface area contributed by atoms with Gasteiger partial charge in [-0.05, 0) is 12.1 Å². The lowest BCUT2D eigenvalue weighted by Crippen LogP contribution is -2.05. The Hall–Kier alpha value is -1.39. The molecule has 1 rings (SSSR count). The van der Waals surface area contributed by atoms with E-state index in [-0.39, 0.29) is 18.1 Å². The van der Waals surface area contributed by atoms with Crippen LogP contribution in [-0.4, -0.2) is 19.9 Å². The van der Waals surface area contributed by atoms with E-state index in [0.29, 0.717) is 0 Å². The molecule has 0 spiro atoms. The molecule has 0 saturated heterocycles. The van der Waals surface area contributed by atoms with E-state index in [2.05, 4.69) is 4.74 Å². The molecular weight excluding hydrogens is 197 g/mol. The normalized spacial score (nSPS) is 10.3. The molecule has 0 amide bonds. The van der Waals surface area contributed by atoms with Crippen LogP contribution in [-0.2, 0) is 0 Å². The van der Waals surface area contributed by atoms with Crippen molar-refractivity contribution >= 4 is 0 Å². The van der Waals surface area contributed by atoms with Crippen molar-refractivity contribution in [2.45, 2.75) is 6.61 Å². The molecule has 0 fully saturated rings. The molecule has 0 aliphatic heterocycles. The first kappa shape index (κ1) is 10.7. The maximum atomic E-state index is 11.9. The molecule has 0 N–H and O–H groups in total. The zero-order chi connectivity index (χ0) is 10.4. The van der Waals surface area contributed by atoms with Gasteiger partial charge >= 0.3 is 6.61 Å². The van der Waals surface area contributed by atoms with E-state index in [0.717, 1.165) is 0 Å². The van der Waals surface area contributed by atoms with Gasteiger partial charge in [-0.25, -0.2) is 4.39 Å². The summed E-state index contributed by atoms with van der Waals surface area (Å²) in [5.41, 5.74) is 0. The van der Waals surface area contributed by atoms with Crippen molar-refractivity contribution in [3.8, 4) is 11.5 Å². The lowest BCUT2D eigenvalue weighted by atomic mass is 10.3. The summed E-state index contributed by atoms with van der Waals surface area (Å²) in [6.07, 6.45) is 0. The zero-order valence-corrected chi connectivity index (χ0v) is 7.25. The summed E-state index contributed by atoms with van der Waals surface area (Å²) in [4.78, 5) is 0. The average Bonchev–Trinajstić information content (AvgIpc) is 2.16. The molecule has 14 heavy (non-hydrogen) atoms. The molecule has 78 valence electrons. The van der Waals surface area contributed by atoms with E-state index >= 15 is 0 Å². The fourth-order valence-corrected chi connectivity index (χ4v) is 0.911. The van der Waals surface area contributed by atoms with Gasteiger partial charge in [-0.1, -0.05) is 12.1 Å². The smallest absolute Gasteiger partial charge is 0.387 e. The zero-order valence-electron chi connectivity index (χ0n) is 7.25. The second-order valence-electron chi connectivity index (χ2n) is 2.36. The quantitative estimate of drug-likeness (QED) is 0.737.